The molecule has 1 aromatic carbocycles. The zero-order chi connectivity index (χ0) is 10.8. The molecule has 0 saturated heterocycles. The Morgan fingerprint density at radius 1 is 1.47 bits per heavy atom. The van der Waals surface area contributed by atoms with Crippen LogP contribution >= 0.6 is 11.6 Å². The van der Waals surface area contributed by atoms with Crippen LogP contribution in [0.3, 0.4) is 0 Å². The van der Waals surface area contributed by atoms with Crippen molar-refractivity contribution in [1.82, 2.24) is 0 Å². The molecule has 0 amide bonds. The molecule has 1 aromatic rings. The zero-order valence-electron chi connectivity index (χ0n) is 8.87. The molecule has 0 aliphatic heterocycles. The summed E-state index contributed by atoms with van der Waals surface area (Å²) in [7, 11) is 1.62. The fourth-order valence-electron chi connectivity index (χ4n) is 1.95. The highest BCUT2D eigenvalue weighted by molar-refractivity contribution is 6.32. The van der Waals surface area contributed by atoms with Crippen LogP contribution in [0.25, 0.3) is 0 Å². The molecule has 0 bridgehead atoms. The maximum atomic E-state index is 6.18. The van der Waals surface area contributed by atoms with E-state index in [0.717, 1.165) is 5.56 Å². The van der Waals surface area contributed by atoms with E-state index in [2.05, 4.69) is 0 Å². The number of ether oxygens (including phenoxy) is 1. The van der Waals surface area contributed by atoms with Gasteiger partial charge in [0.25, 0.3) is 0 Å². The summed E-state index contributed by atoms with van der Waals surface area (Å²) in [5.74, 6) is 1.35. The van der Waals surface area contributed by atoms with Gasteiger partial charge in [0, 0.05) is 6.04 Å². The second kappa shape index (κ2) is 4.42. The third kappa shape index (κ3) is 2.11. The Kier molecular flexibility index (Phi) is 3.17. The summed E-state index contributed by atoms with van der Waals surface area (Å²) in [6, 6.07) is 5.93. The molecule has 3 heteroatoms. The summed E-state index contributed by atoms with van der Waals surface area (Å²) in [5, 5.41) is 0.641. The van der Waals surface area contributed by atoms with Crippen molar-refractivity contribution in [3.63, 3.8) is 0 Å². The summed E-state index contributed by atoms with van der Waals surface area (Å²) in [6.07, 6.45) is 3.79. The van der Waals surface area contributed by atoms with Crippen molar-refractivity contribution in [2.24, 2.45) is 11.7 Å². The van der Waals surface area contributed by atoms with E-state index in [0.29, 0.717) is 16.7 Å². The van der Waals surface area contributed by atoms with Crippen LogP contribution in [0.4, 0.5) is 0 Å². The van der Waals surface area contributed by atoms with Crippen LogP contribution in [-0.2, 0) is 0 Å². The normalized spacial score (nSPS) is 18.3. The van der Waals surface area contributed by atoms with E-state index in [4.69, 9.17) is 22.1 Å². The van der Waals surface area contributed by atoms with Crippen molar-refractivity contribution in [2.75, 3.05) is 7.11 Å². The van der Waals surface area contributed by atoms with E-state index in [9.17, 15) is 0 Å². The van der Waals surface area contributed by atoms with Crippen molar-refractivity contribution in [3.8, 4) is 5.75 Å². The van der Waals surface area contributed by atoms with Crippen LogP contribution in [-0.4, -0.2) is 7.11 Å². The molecule has 82 valence electrons. The van der Waals surface area contributed by atoms with E-state index in [1.165, 1.54) is 19.3 Å². The van der Waals surface area contributed by atoms with Crippen molar-refractivity contribution in [3.05, 3.63) is 28.8 Å². The van der Waals surface area contributed by atoms with E-state index >= 15 is 0 Å². The average molecular weight is 226 g/mol. The lowest BCUT2D eigenvalue weighted by Crippen LogP contribution is -2.26. The number of rotatable bonds is 3. The molecular weight excluding hydrogens is 210 g/mol. The predicted octanol–water partition coefficient (Wildman–Crippen LogP) is 3.15. The van der Waals surface area contributed by atoms with Gasteiger partial charge in [-0.25, -0.2) is 0 Å². The molecule has 2 rings (SSSR count). The lowest BCUT2D eigenvalue weighted by molar-refractivity contribution is 0.264. The number of halogens is 1. The minimum Gasteiger partial charge on any atom is -0.495 e. The minimum absolute atomic E-state index is 0.130. The van der Waals surface area contributed by atoms with E-state index in [1.54, 1.807) is 7.11 Å². The fraction of sp³-hybridized carbons (Fsp3) is 0.500. The Morgan fingerprint density at radius 2 is 2.20 bits per heavy atom. The van der Waals surface area contributed by atoms with Crippen LogP contribution in [0.1, 0.15) is 30.9 Å². The Labute approximate surface area is 95.4 Å². The molecule has 1 fully saturated rings. The summed E-state index contributed by atoms with van der Waals surface area (Å²) >= 11 is 5.96. The average Bonchev–Trinajstić information content (AvgIpc) is 2.15. The first kappa shape index (κ1) is 10.8. The number of nitrogens with two attached hydrogens (primary N) is 1. The van der Waals surface area contributed by atoms with Gasteiger partial charge >= 0.3 is 0 Å². The molecule has 2 N–H and O–H groups in total. The quantitative estimate of drug-likeness (QED) is 0.858. The number of benzene rings is 1. The molecule has 1 saturated carbocycles. The second-order valence-electron chi connectivity index (χ2n) is 4.11. The minimum atomic E-state index is 0.130. The monoisotopic (exact) mass is 225 g/mol. The van der Waals surface area contributed by atoms with Crippen LogP contribution < -0.4 is 10.5 Å². The third-order valence-electron chi connectivity index (χ3n) is 3.22. The van der Waals surface area contributed by atoms with Gasteiger partial charge in [-0.2, -0.15) is 0 Å². The maximum absolute atomic E-state index is 6.18. The molecule has 15 heavy (non-hydrogen) atoms. The molecule has 0 aromatic heterocycles. The van der Waals surface area contributed by atoms with E-state index < -0.39 is 0 Å². The molecule has 1 aliphatic rings. The van der Waals surface area contributed by atoms with Gasteiger partial charge in [0.15, 0.2) is 0 Å². The largest absolute Gasteiger partial charge is 0.495 e. The first-order chi connectivity index (χ1) is 7.22. The predicted molar refractivity (Wildman–Crippen MR) is 62.3 cm³/mol. The Bertz CT molecular complexity index is 349. The number of hydrogen-bond donors (Lipinski definition) is 1. The van der Waals surface area contributed by atoms with Gasteiger partial charge in [-0.3, -0.25) is 0 Å². The van der Waals surface area contributed by atoms with Crippen molar-refractivity contribution in [2.45, 2.75) is 25.3 Å². The molecule has 1 atom stereocenters. The van der Waals surface area contributed by atoms with Crippen LogP contribution in [0.15, 0.2) is 18.2 Å². The maximum Gasteiger partial charge on any atom is 0.137 e. The van der Waals surface area contributed by atoms with Crippen LogP contribution in [0.2, 0.25) is 5.02 Å². The smallest absolute Gasteiger partial charge is 0.137 e. The highest BCUT2D eigenvalue weighted by Gasteiger charge is 2.25. The molecule has 0 spiro atoms. The highest BCUT2D eigenvalue weighted by atomic mass is 35.5. The SMILES string of the molecule is COc1cc(C(N)C2CCC2)ccc1Cl. The molecular formula is C12H16ClNO. The van der Waals surface area contributed by atoms with Crippen LogP contribution in [0.5, 0.6) is 5.75 Å². The van der Waals surface area contributed by atoms with Gasteiger partial charge in [-0.1, -0.05) is 24.1 Å². The molecule has 2 nitrogen and oxygen atoms in total. The van der Waals surface area contributed by atoms with Crippen molar-refractivity contribution in [1.29, 1.82) is 0 Å². The van der Waals surface area contributed by atoms with Crippen molar-refractivity contribution >= 4 is 11.6 Å². The Morgan fingerprint density at radius 3 is 2.73 bits per heavy atom. The molecule has 0 heterocycles. The van der Waals surface area contributed by atoms with Gasteiger partial charge in [0.1, 0.15) is 5.75 Å². The molecule has 1 unspecified atom stereocenters. The number of hydrogen-bond acceptors (Lipinski definition) is 2. The summed E-state index contributed by atoms with van der Waals surface area (Å²) in [6.45, 7) is 0. The Balaban J connectivity index is 2.20. The molecule has 1 aliphatic carbocycles. The summed E-state index contributed by atoms with van der Waals surface area (Å²) in [4.78, 5) is 0. The first-order valence-corrected chi connectivity index (χ1v) is 5.69. The third-order valence-corrected chi connectivity index (χ3v) is 3.53. The van der Waals surface area contributed by atoms with Crippen LogP contribution in [0, 0.1) is 5.92 Å². The lowest BCUT2D eigenvalue weighted by Gasteiger charge is -2.31. The molecule has 0 radical (unpaired) electrons. The first-order valence-electron chi connectivity index (χ1n) is 5.31. The fourth-order valence-corrected chi connectivity index (χ4v) is 2.15. The van der Waals surface area contributed by atoms with Gasteiger partial charge in [-0.15, -0.1) is 0 Å². The van der Waals surface area contributed by atoms with E-state index in [-0.39, 0.29) is 6.04 Å². The van der Waals surface area contributed by atoms with Gasteiger partial charge < -0.3 is 10.5 Å². The topological polar surface area (TPSA) is 35.2 Å². The van der Waals surface area contributed by atoms with Gasteiger partial charge in [-0.05, 0) is 36.5 Å². The Hall–Kier alpha value is -0.730. The van der Waals surface area contributed by atoms with Gasteiger partial charge in [0.05, 0.1) is 12.1 Å². The number of methoxy groups -OCH3 is 1. The second-order valence-corrected chi connectivity index (χ2v) is 4.52. The standard InChI is InChI=1S/C12H16ClNO/c1-15-11-7-9(5-6-10(11)13)12(14)8-3-2-4-8/h5-8,12H,2-4,14H2,1H3. The highest BCUT2D eigenvalue weighted by Crippen LogP contribution is 2.38. The van der Waals surface area contributed by atoms with E-state index in [1.807, 2.05) is 18.2 Å². The van der Waals surface area contributed by atoms with Crippen molar-refractivity contribution < 1.29 is 4.74 Å². The lowest BCUT2D eigenvalue weighted by atomic mass is 9.77. The van der Waals surface area contributed by atoms with Gasteiger partial charge in [0.2, 0.25) is 0 Å². The zero-order valence-corrected chi connectivity index (χ0v) is 9.63. The summed E-state index contributed by atoms with van der Waals surface area (Å²) < 4.78 is 5.18. The summed E-state index contributed by atoms with van der Waals surface area (Å²) in [5.41, 5.74) is 7.30.